The van der Waals surface area contributed by atoms with Gasteiger partial charge in [-0.05, 0) is 61.5 Å². The maximum atomic E-state index is 13.4. The maximum Gasteiger partial charge on any atom is 0.265 e. The summed E-state index contributed by atoms with van der Waals surface area (Å²) >= 11 is 1.42. The maximum absolute atomic E-state index is 13.4. The number of benzene rings is 1. The molecule has 0 spiro atoms. The Kier molecular flexibility index (Phi) is 6.53. The van der Waals surface area contributed by atoms with Gasteiger partial charge in [-0.3, -0.25) is 9.40 Å². The highest BCUT2D eigenvalue weighted by atomic mass is 32.2. The van der Waals surface area contributed by atoms with E-state index in [1.807, 2.05) is 17.5 Å². The Hall–Kier alpha value is -3.29. The van der Waals surface area contributed by atoms with E-state index in [0.29, 0.717) is 11.4 Å². The lowest BCUT2D eigenvalue weighted by atomic mass is 10.3. The average molecular weight is 545 g/mol. The van der Waals surface area contributed by atoms with Crippen molar-refractivity contribution in [3.63, 3.8) is 0 Å². The van der Waals surface area contributed by atoms with Gasteiger partial charge in [-0.2, -0.15) is 5.10 Å². The third-order valence-electron chi connectivity index (χ3n) is 5.88. The van der Waals surface area contributed by atoms with Gasteiger partial charge in [0.2, 0.25) is 5.95 Å². The predicted molar refractivity (Wildman–Crippen MR) is 138 cm³/mol. The Morgan fingerprint density at radius 1 is 0.972 bits per heavy atom. The summed E-state index contributed by atoms with van der Waals surface area (Å²) in [5, 5.41) is 6.52. The number of hydrogen-bond donors (Lipinski definition) is 2. The van der Waals surface area contributed by atoms with Gasteiger partial charge in [0.15, 0.2) is 0 Å². The largest absolute Gasteiger partial charge is 0.280 e. The van der Waals surface area contributed by atoms with Crippen LogP contribution in [0.15, 0.2) is 70.0 Å². The van der Waals surface area contributed by atoms with Gasteiger partial charge in [0.25, 0.3) is 20.0 Å². The number of rotatable bonds is 8. The lowest BCUT2D eigenvalue weighted by molar-refractivity contribution is 0.467. The molecule has 10 nitrogen and oxygen atoms in total. The van der Waals surface area contributed by atoms with E-state index in [4.69, 9.17) is 0 Å². The molecule has 1 aliphatic rings. The van der Waals surface area contributed by atoms with Gasteiger partial charge in [0, 0.05) is 23.8 Å². The van der Waals surface area contributed by atoms with E-state index in [-0.39, 0.29) is 27.5 Å². The second-order valence-electron chi connectivity index (χ2n) is 8.49. The molecule has 1 aliphatic carbocycles. The molecule has 1 saturated carbocycles. The van der Waals surface area contributed by atoms with Crippen molar-refractivity contribution in [1.82, 2.24) is 19.7 Å². The third-order valence-corrected chi connectivity index (χ3v) is 9.48. The summed E-state index contributed by atoms with van der Waals surface area (Å²) in [5.74, 6) is -0.0415. The summed E-state index contributed by atoms with van der Waals surface area (Å²) in [6, 6.07) is 11.0. The fraction of sp³-hybridized carbons (Fsp3) is 0.261. The van der Waals surface area contributed by atoms with Gasteiger partial charge in [0.1, 0.15) is 10.6 Å². The number of thiophene rings is 1. The lowest BCUT2D eigenvalue weighted by Gasteiger charge is -2.10. The SMILES string of the molecule is Cc1ccnc(NS(=O)(=O)c2ccc(NS(=O)(=O)c3cn(C4CCCC4)nc3-c3cccs3)cc2)n1. The quantitative estimate of drug-likeness (QED) is 0.335. The van der Waals surface area contributed by atoms with Crippen molar-refractivity contribution in [3.05, 3.63) is 65.9 Å². The van der Waals surface area contributed by atoms with E-state index in [9.17, 15) is 16.8 Å². The molecule has 36 heavy (non-hydrogen) atoms. The molecule has 0 radical (unpaired) electrons. The molecule has 3 heterocycles. The van der Waals surface area contributed by atoms with E-state index >= 15 is 0 Å². The molecule has 0 atom stereocenters. The molecule has 188 valence electrons. The Balaban J connectivity index is 1.40. The molecule has 0 saturated heterocycles. The zero-order valence-corrected chi connectivity index (χ0v) is 21.8. The molecule has 0 bridgehead atoms. The molecule has 2 N–H and O–H groups in total. The second-order valence-corrected chi connectivity index (χ2v) is 12.8. The molecule has 1 aromatic carbocycles. The fourth-order valence-electron chi connectivity index (χ4n) is 4.10. The van der Waals surface area contributed by atoms with Crippen LogP contribution in [0.3, 0.4) is 0 Å². The highest BCUT2D eigenvalue weighted by Gasteiger charge is 2.28. The van der Waals surface area contributed by atoms with Crippen molar-refractivity contribution >= 4 is 43.0 Å². The Morgan fingerprint density at radius 2 is 1.72 bits per heavy atom. The first-order chi connectivity index (χ1) is 17.2. The molecule has 0 unspecified atom stereocenters. The van der Waals surface area contributed by atoms with Crippen molar-refractivity contribution in [2.24, 2.45) is 0 Å². The third kappa shape index (κ3) is 5.13. The predicted octanol–water partition coefficient (Wildman–Crippen LogP) is 4.43. The molecule has 1 fully saturated rings. The minimum Gasteiger partial charge on any atom is -0.280 e. The Morgan fingerprint density at radius 3 is 2.39 bits per heavy atom. The average Bonchev–Trinajstić information content (AvgIpc) is 3.60. The van der Waals surface area contributed by atoms with Crippen molar-refractivity contribution in [2.75, 3.05) is 9.44 Å². The topological polar surface area (TPSA) is 136 Å². The summed E-state index contributed by atoms with van der Waals surface area (Å²) in [4.78, 5) is 8.75. The van der Waals surface area contributed by atoms with E-state index in [1.54, 1.807) is 23.9 Å². The van der Waals surface area contributed by atoms with Crippen molar-refractivity contribution in [2.45, 2.75) is 48.4 Å². The Bertz CT molecular complexity index is 1570. The van der Waals surface area contributed by atoms with Gasteiger partial charge in [0.05, 0.1) is 15.8 Å². The lowest BCUT2D eigenvalue weighted by Crippen LogP contribution is -2.16. The highest BCUT2D eigenvalue weighted by Crippen LogP contribution is 2.35. The molecule has 13 heteroatoms. The summed E-state index contributed by atoms with van der Waals surface area (Å²) in [6.07, 6.45) is 7.18. The fourth-order valence-corrected chi connectivity index (χ4v) is 7.05. The molecular formula is C23H24N6O4S3. The molecular weight excluding hydrogens is 520 g/mol. The molecule has 0 aliphatic heterocycles. The minimum atomic E-state index is -3.99. The van der Waals surface area contributed by atoms with Crippen molar-refractivity contribution in [1.29, 1.82) is 0 Å². The van der Waals surface area contributed by atoms with Crippen LogP contribution in [0.5, 0.6) is 0 Å². The summed E-state index contributed by atoms with van der Waals surface area (Å²) in [5.41, 5.74) is 1.25. The van der Waals surface area contributed by atoms with Crippen LogP contribution in [0.4, 0.5) is 11.6 Å². The molecule has 0 amide bonds. The normalized spacial score (nSPS) is 14.7. The Labute approximate surface area is 213 Å². The summed E-state index contributed by atoms with van der Waals surface area (Å²) < 4.78 is 58.8. The number of aryl methyl sites for hydroxylation is 1. The van der Waals surface area contributed by atoms with Gasteiger partial charge >= 0.3 is 0 Å². The van der Waals surface area contributed by atoms with Crippen LogP contribution in [-0.2, 0) is 20.0 Å². The van der Waals surface area contributed by atoms with Crippen LogP contribution < -0.4 is 9.44 Å². The first kappa shape index (κ1) is 24.4. The van der Waals surface area contributed by atoms with Crippen LogP contribution in [0.2, 0.25) is 0 Å². The first-order valence-corrected chi connectivity index (χ1v) is 15.1. The summed E-state index contributed by atoms with van der Waals surface area (Å²) in [6.45, 7) is 1.72. The molecule has 3 aromatic heterocycles. The van der Waals surface area contributed by atoms with Gasteiger partial charge in [-0.1, -0.05) is 18.9 Å². The smallest absolute Gasteiger partial charge is 0.265 e. The number of aromatic nitrogens is 4. The number of nitrogens with one attached hydrogen (secondary N) is 2. The first-order valence-electron chi connectivity index (χ1n) is 11.3. The van der Waals surface area contributed by atoms with Gasteiger partial charge in [-0.15, -0.1) is 11.3 Å². The highest BCUT2D eigenvalue weighted by molar-refractivity contribution is 7.93. The van der Waals surface area contributed by atoms with Crippen molar-refractivity contribution < 1.29 is 16.8 Å². The van der Waals surface area contributed by atoms with Crippen molar-refractivity contribution in [3.8, 4) is 10.6 Å². The number of hydrogen-bond acceptors (Lipinski definition) is 8. The molecule has 5 rings (SSSR count). The van der Waals surface area contributed by atoms with Crippen LogP contribution in [0.1, 0.15) is 37.4 Å². The van der Waals surface area contributed by atoms with Crippen LogP contribution in [-0.4, -0.2) is 36.6 Å². The van der Waals surface area contributed by atoms with E-state index < -0.39 is 20.0 Å². The number of nitrogens with zero attached hydrogens (tertiary/aromatic N) is 4. The van der Waals surface area contributed by atoms with Gasteiger partial charge in [-0.25, -0.2) is 31.5 Å². The zero-order chi connectivity index (χ0) is 25.3. The molecule has 4 aromatic rings. The minimum absolute atomic E-state index is 0.0415. The van der Waals surface area contributed by atoms with E-state index in [0.717, 1.165) is 30.6 Å². The van der Waals surface area contributed by atoms with Crippen LogP contribution in [0, 0.1) is 6.92 Å². The van der Waals surface area contributed by atoms with Gasteiger partial charge < -0.3 is 0 Å². The number of sulfonamides is 2. The number of anilines is 2. The van der Waals surface area contributed by atoms with E-state index in [2.05, 4.69) is 24.5 Å². The van der Waals surface area contributed by atoms with E-state index in [1.165, 1.54) is 41.8 Å². The van der Waals surface area contributed by atoms with Crippen LogP contribution >= 0.6 is 11.3 Å². The monoisotopic (exact) mass is 544 g/mol. The van der Waals surface area contributed by atoms with Crippen LogP contribution in [0.25, 0.3) is 10.6 Å². The zero-order valence-electron chi connectivity index (χ0n) is 19.3. The standard InChI is InChI=1S/C23H24N6O4S3/c1-16-12-13-24-23(25-16)28-35(30,31)19-10-8-17(9-11-19)27-36(32,33)21-15-29(18-5-2-3-6-18)26-22(21)20-7-4-14-34-20/h4,7-15,18,27H,2-3,5-6H2,1H3,(H,24,25,28). The summed E-state index contributed by atoms with van der Waals surface area (Å²) in [7, 11) is -7.94. The second kappa shape index (κ2) is 9.64.